The van der Waals surface area contributed by atoms with E-state index in [0.29, 0.717) is 78.3 Å². The molecule has 45 heavy (non-hydrogen) atoms. The van der Waals surface area contributed by atoms with Crippen molar-refractivity contribution in [2.75, 3.05) is 98.7 Å². The van der Waals surface area contributed by atoms with Crippen LogP contribution in [0.2, 0.25) is 0 Å². The Bertz CT molecular complexity index is 1410. The number of fused-ring (bicyclic) bond motifs is 2. The van der Waals surface area contributed by atoms with Gasteiger partial charge in [0, 0.05) is 56.6 Å². The first-order valence-electron chi connectivity index (χ1n) is 15.6. The van der Waals surface area contributed by atoms with Crippen LogP contribution in [0.5, 0.6) is 0 Å². The second-order valence-electron chi connectivity index (χ2n) is 11.7. The number of carbonyl (C=O) groups excluding carboxylic acids is 1. The number of aromatic nitrogens is 2. The summed E-state index contributed by atoms with van der Waals surface area (Å²) in [7, 11) is 0. The molecule has 0 amide bonds. The second kappa shape index (κ2) is 16.9. The number of benzene rings is 2. The number of nitrogens with one attached hydrogen (secondary N) is 1. The number of anilines is 2. The average Bonchev–Trinajstić information content (AvgIpc) is 3.20. The number of nitrogens with zero attached hydrogens (tertiary/aromatic N) is 4. The van der Waals surface area contributed by atoms with E-state index in [1.165, 1.54) is 0 Å². The van der Waals surface area contributed by atoms with Crippen molar-refractivity contribution in [2.45, 2.75) is 25.4 Å². The van der Waals surface area contributed by atoms with Crippen LogP contribution in [0.4, 0.5) is 11.8 Å². The van der Waals surface area contributed by atoms with Crippen LogP contribution in [0.25, 0.3) is 10.9 Å². The Morgan fingerprint density at radius 1 is 0.956 bits per heavy atom. The van der Waals surface area contributed by atoms with Crippen molar-refractivity contribution in [2.24, 2.45) is 5.73 Å². The zero-order valence-corrected chi connectivity index (χ0v) is 28.6. The van der Waals surface area contributed by atoms with E-state index >= 15 is 0 Å². The summed E-state index contributed by atoms with van der Waals surface area (Å²) in [5.74, 6) is 1.55. The number of Topliss-reactive ketones (excluding diaryl/α,β-unsaturated/α-hetero) is 1. The van der Waals surface area contributed by atoms with Crippen LogP contribution in [0.1, 0.15) is 27.9 Å². The van der Waals surface area contributed by atoms with Crippen molar-refractivity contribution >= 4 is 28.5 Å². The van der Waals surface area contributed by atoms with Crippen LogP contribution in [-0.2, 0) is 25.5 Å². The van der Waals surface area contributed by atoms with Crippen LogP contribution < -0.4 is 37.2 Å². The molecule has 1 aromatic heterocycles. The summed E-state index contributed by atoms with van der Waals surface area (Å²) in [5, 5.41) is 4.53. The molecule has 0 aliphatic carbocycles. The second-order valence-corrected chi connectivity index (χ2v) is 13.8. The summed E-state index contributed by atoms with van der Waals surface area (Å²) in [4.78, 5) is 29.2. The van der Waals surface area contributed by atoms with Crippen LogP contribution in [0, 0.1) is 6.92 Å². The number of halogens is 1. The molecule has 1 saturated heterocycles. The van der Waals surface area contributed by atoms with E-state index in [1.807, 2.05) is 30.3 Å². The molecular weight excluding hydrogens is 687 g/mol. The van der Waals surface area contributed by atoms with Gasteiger partial charge in [-0.2, -0.15) is 4.98 Å². The normalized spacial score (nSPS) is 16.5. The van der Waals surface area contributed by atoms with Gasteiger partial charge in [-0.15, -0.1) is 0 Å². The average molecular weight is 734 g/mol. The Kier molecular flexibility index (Phi) is 12.7. The van der Waals surface area contributed by atoms with Gasteiger partial charge in [0.15, 0.2) is 5.78 Å². The zero-order valence-electron chi connectivity index (χ0n) is 26.4. The minimum absolute atomic E-state index is 0.159. The molecule has 12 heteroatoms. The molecular formula is C33H46IN6O5-. The Morgan fingerprint density at radius 2 is 1.67 bits per heavy atom. The molecule has 0 radical (unpaired) electrons. The molecule has 3 aromatic rings. The Hall–Kier alpha value is -2.46. The molecule has 2 aromatic carbocycles. The van der Waals surface area contributed by atoms with Gasteiger partial charge in [0.05, 0.1) is 11.1 Å². The predicted molar refractivity (Wildman–Crippen MR) is 172 cm³/mol. The smallest absolute Gasteiger partial charge is 0.367 e. The number of hydrogen-bond acceptors (Lipinski definition) is 11. The third kappa shape index (κ3) is 9.77. The Morgan fingerprint density at radius 3 is 2.42 bits per heavy atom. The quantitative estimate of drug-likeness (QED) is 0.102. The number of ketones is 1. The summed E-state index contributed by atoms with van der Waals surface area (Å²) in [6, 6.07) is 14.0. The SMILES string of the molecule is C[I-]COCCOCCOCCOCCN1CC(N)(CNc2nc(N3CCC(=O)c4ccccc4C3)nc3ccc(C)cc23)C1. The van der Waals surface area contributed by atoms with Gasteiger partial charge < -0.3 is 16.0 Å². The van der Waals surface area contributed by atoms with E-state index < -0.39 is 0 Å². The van der Waals surface area contributed by atoms with Crippen LogP contribution in [0.15, 0.2) is 42.5 Å². The number of ether oxygens (including phenoxy) is 4. The number of carbonyl (C=O) groups is 1. The fraction of sp³-hybridized carbons (Fsp3) is 0.545. The number of aryl methyl sites for hydroxylation is 1. The topological polar surface area (TPSA) is 124 Å². The first-order chi connectivity index (χ1) is 21.9. The molecule has 2 aliphatic heterocycles. The Balaban J connectivity index is 1.06. The van der Waals surface area contributed by atoms with E-state index in [4.69, 9.17) is 34.6 Å². The minimum Gasteiger partial charge on any atom is -0.367 e. The number of hydrogen-bond donors (Lipinski definition) is 2. The van der Waals surface area contributed by atoms with Crippen molar-refractivity contribution in [1.29, 1.82) is 0 Å². The molecule has 0 spiro atoms. The van der Waals surface area contributed by atoms with E-state index in [9.17, 15) is 4.79 Å². The van der Waals surface area contributed by atoms with Crippen molar-refractivity contribution in [3.63, 3.8) is 0 Å². The molecule has 0 unspecified atom stereocenters. The number of rotatable bonds is 18. The third-order valence-corrected chi connectivity index (χ3v) is 9.01. The summed E-state index contributed by atoms with van der Waals surface area (Å²) in [6.07, 6.45) is 0.429. The number of nitrogens with two attached hydrogens (primary N) is 1. The van der Waals surface area contributed by atoms with Crippen LogP contribution in [-0.4, -0.2) is 115 Å². The molecule has 3 heterocycles. The van der Waals surface area contributed by atoms with E-state index in [0.717, 1.165) is 57.7 Å². The van der Waals surface area contributed by atoms with E-state index in [1.54, 1.807) is 0 Å². The summed E-state index contributed by atoms with van der Waals surface area (Å²) >= 11 is 0.191. The summed E-state index contributed by atoms with van der Waals surface area (Å²) in [5.41, 5.74) is 10.2. The van der Waals surface area contributed by atoms with Crippen molar-refractivity contribution in [3.8, 4) is 0 Å². The molecule has 11 nitrogen and oxygen atoms in total. The molecule has 246 valence electrons. The van der Waals surface area contributed by atoms with Gasteiger partial charge in [-0.25, -0.2) is 4.98 Å². The molecule has 1 fully saturated rings. The van der Waals surface area contributed by atoms with Crippen molar-refractivity contribution < 1.29 is 44.9 Å². The fourth-order valence-electron chi connectivity index (χ4n) is 5.62. The first-order valence-corrected chi connectivity index (χ1v) is 19.3. The van der Waals surface area contributed by atoms with Crippen molar-refractivity contribution in [3.05, 3.63) is 59.2 Å². The number of likely N-dealkylation sites (tertiary alicyclic amines) is 1. The van der Waals surface area contributed by atoms with Gasteiger partial charge in [0.2, 0.25) is 5.95 Å². The van der Waals surface area contributed by atoms with Gasteiger partial charge in [-0.1, -0.05) is 35.9 Å². The van der Waals surface area contributed by atoms with Crippen LogP contribution >= 0.6 is 0 Å². The minimum atomic E-state index is -0.360. The van der Waals surface area contributed by atoms with E-state index in [-0.39, 0.29) is 32.5 Å². The molecule has 3 N–H and O–H groups in total. The molecule has 0 atom stereocenters. The maximum atomic E-state index is 12.7. The van der Waals surface area contributed by atoms with Gasteiger partial charge in [0.25, 0.3) is 0 Å². The standard InChI is InChI=1S/C33H46IN6O5/c1-25-7-8-29-28(19-25)31(38-32(37-29)40-10-9-30(41)27-6-4-3-5-26(27)20-40)36-21-33(35)22-39(23-33)11-12-42-13-14-43-15-16-44-17-18-45-24-34-2/h3-8,19H,9-18,20-24,35H2,1-2H3,(H,36,37,38)/q-1. The van der Waals surface area contributed by atoms with Gasteiger partial charge in [-0.3, -0.25) is 9.69 Å². The Labute approximate surface area is 276 Å². The number of alkyl halides is 2. The van der Waals surface area contributed by atoms with Gasteiger partial charge >= 0.3 is 95.9 Å². The van der Waals surface area contributed by atoms with E-state index in [2.05, 4.69) is 39.1 Å². The van der Waals surface area contributed by atoms with Crippen molar-refractivity contribution in [1.82, 2.24) is 14.9 Å². The summed E-state index contributed by atoms with van der Waals surface area (Å²) < 4.78 is 23.1. The molecule has 2 aliphatic rings. The summed E-state index contributed by atoms with van der Waals surface area (Å²) in [6.45, 7) is 10.4. The first kappa shape index (κ1) is 33.9. The molecule has 0 saturated carbocycles. The maximum absolute atomic E-state index is 12.7. The monoisotopic (exact) mass is 733 g/mol. The van der Waals surface area contributed by atoms with Gasteiger partial charge in [0.1, 0.15) is 5.82 Å². The molecule has 5 rings (SSSR count). The predicted octanol–water partition coefficient (Wildman–Crippen LogP) is -0.301. The molecule has 0 bridgehead atoms. The zero-order chi connectivity index (χ0) is 31.5. The fourth-order valence-corrected chi connectivity index (χ4v) is 6.37. The third-order valence-electron chi connectivity index (χ3n) is 7.95. The van der Waals surface area contributed by atoms with Gasteiger partial charge in [-0.05, 0) is 24.6 Å². The van der Waals surface area contributed by atoms with Crippen LogP contribution in [0.3, 0.4) is 0 Å².